The monoisotopic (exact) mass is 415 g/mol. The van der Waals surface area contributed by atoms with Crippen LogP contribution in [-0.2, 0) is 9.53 Å². The van der Waals surface area contributed by atoms with Crippen LogP contribution in [0.15, 0.2) is 23.3 Å². The van der Waals surface area contributed by atoms with Gasteiger partial charge in [-0.1, -0.05) is 6.07 Å². The fourth-order valence-electron chi connectivity index (χ4n) is 4.08. The number of hydrogen-bond acceptors (Lipinski definition) is 5. The van der Waals surface area contributed by atoms with Crippen molar-refractivity contribution in [3.8, 4) is 0 Å². The molecule has 2 aliphatic rings. The molecular formula is C23H37N5O2. The Bertz CT molecular complexity index is 677. The average molecular weight is 416 g/mol. The number of anilines is 1. The van der Waals surface area contributed by atoms with Crippen LogP contribution in [0.4, 0.5) is 5.82 Å². The van der Waals surface area contributed by atoms with Gasteiger partial charge in [-0.3, -0.25) is 9.79 Å². The normalized spacial score (nSPS) is 18.5. The molecule has 30 heavy (non-hydrogen) atoms. The third-order valence-electron chi connectivity index (χ3n) is 5.81. The van der Waals surface area contributed by atoms with Gasteiger partial charge in [-0.25, -0.2) is 4.98 Å². The average Bonchev–Trinajstić information content (AvgIpc) is 3.25. The molecule has 0 bridgehead atoms. The lowest BCUT2D eigenvalue weighted by atomic mass is 10.1. The van der Waals surface area contributed by atoms with Crippen LogP contribution in [0.25, 0.3) is 0 Å². The number of ether oxygens (including phenoxy) is 1. The first-order chi connectivity index (χ1) is 14.6. The van der Waals surface area contributed by atoms with Crippen molar-refractivity contribution < 1.29 is 9.53 Å². The number of nitrogens with one attached hydrogen (secondary N) is 2. The first kappa shape index (κ1) is 22.4. The number of aliphatic imine (C=N–C) groups is 1. The third kappa shape index (κ3) is 7.18. The molecule has 1 aliphatic heterocycles. The molecule has 1 saturated heterocycles. The van der Waals surface area contributed by atoms with E-state index in [1.807, 2.05) is 6.20 Å². The van der Waals surface area contributed by atoms with Crippen molar-refractivity contribution >= 4 is 17.7 Å². The summed E-state index contributed by atoms with van der Waals surface area (Å²) in [6, 6.07) is 4.62. The van der Waals surface area contributed by atoms with E-state index in [1.54, 1.807) is 0 Å². The van der Waals surface area contributed by atoms with E-state index < -0.39 is 0 Å². The molecule has 7 heteroatoms. The van der Waals surface area contributed by atoms with Crippen molar-refractivity contribution in [3.05, 3.63) is 23.9 Å². The maximum absolute atomic E-state index is 11.9. The lowest BCUT2D eigenvalue weighted by molar-refractivity contribution is -0.148. The Labute approximate surface area is 180 Å². The number of rotatable bonds is 8. The number of nitrogens with zero attached hydrogens (tertiary/aromatic N) is 3. The standard InChI is InChI=1S/C23H37N5O2/c1-3-24-23(25-14-6-9-22(29)30-20-7-4-5-8-20)27-19-12-15-28(16-13-19)21-11-10-18(2)17-26-21/h10-11,17,19-20H,3-9,12-16H2,1-2H3,(H2,24,25,27). The Balaban J connectivity index is 1.38. The summed E-state index contributed by atoms with van der Waals surface area (Å²) in [7, 11) is 0. The highest BCUT2D eigenvalue weighted by atomic mass is 16.5. The maximum Gasteiger partial charge on any atom is 0.306 e. The maximum atomic E-state index is 11.9. The van der Waals surface area contributed by atoms with Gasteiger partial charge in [0.2, 0.25) is 0 Å². The molecule has 7 nitrogen and oxygen atoms in total. The van der Waals surface area contributed by atoms with E-state index in [4.69, 9.17) is 4.74 Å². The molecule has 3 rings (SSSR count). The molecule has 2 N–H and O–H groups in total. The summed E-state index contributed by atoms with van der Waals surface area (Å²) in [6.45, 7) is 7.55. The molecule has 1 aromatic rings. The highest BCUT2D eigenvalue weighted by Crippen LogP contribution is 2.21. The van der Waals surface area contributed by atoms with Crippen molar-refractivity contribution in [2.24, 2.45) is 4.99 Å². The van der Waals surface area contributed by atoms with Crippen molar-refractivity contribution in [1.82, 2.24) is 15.6 Å². The Morgan fingerprint density at radius 2 is 2.00 bits per heavy atom. The number of esters is 1. The molecule has 0 radical (unpaired) electrons. The number of piperidine rings is 1. The van der Waals surface area contributed by atoms with Gasteiger partial charge in [-0.15, -0.1) is 0 Å². The summed E-state index contributed by atoms with van der Waals surface area (Å²) in [5.74, 6) is 1.82. The van der Waals surface area contributed by atoms with Crippen molar-refractivity contribution in [2.45, 2.75) is 77.4 Å². The van der Waals surface area contributed by atoms with Crippen LogP contribution in [0.5, 0.6) is 0 Å². The first-order valence-corrected chi connectivity index (χ1v) is 11.6. The largest absolute Gasteiger partial charge is 0.462 e. The second-order valence-corrected chi connectivity index (χ2v) is 8.36. The quantitative estimate of drug-likeness (QED) is 0.294. The molecule has 1 aromatic heterocycles. The smallest absolute Gasteiger partial charge is 0.306 e. The van der Waals surface area contributed by atoms with Gasteiger partial charge in [-0.2, -0.15) is 0 Å². The predicted octanol–water partition coefficient (Wildman–Crippen LogP) is 3.18. The van der Waals surface area contributed by atoms with E-state index in [2.05, 4.69) is 51.5 Å². The zero-order valence-corrected chi connectivity index (χ0v) is 18.5. The Morgan fingerprint density at radius 3 is 2.67 bits per heavy atom. The van der Waals surface area contributed by atoms with E-state index in [1.165, 1.54) is 18.4 Å². The minimum Gasteiger partial charge on any atom is -0.462 e. The molecule has 2 heterocycles. The highest BCUT2D eigenvalue weighted by molar-refractivity contribution is 5.80. The van der Waals surface area contributed by atoms with Crippen molar-refractivity contribution in [2.75, 3.05) is 31.1 Å². The predicted molar refractivity (Wildman–Crippen MR) is 121 cm³/mol. The molecule has 0 aromatic carbocycles. The highest BCUT2D eigenvalue weighted by Gasteiger charge is 2.21. The molecule has 1 saturated carbocycles. The van der Waals surface area contributed by atoms with Crippen LogP contribution in [-0.4, -0.2) is 55.2 Å². The van der Waals surface area contributed by atoms with Gasteiger partial charge in [0.15, 0.2) is 5.96 Å². The minimum atomic E-state index is -0.0767. The fraction of sp³-hybridized carbons (Fsp3) is 0.696. The number of carbonyl (C=O) groups excluding carboxylic acids is 1. The lowest BCUT2D eigenvalue weighted by Gasteiger charge is -2.33. The number of aromatic nitrogens is 1. The zero-order chi connectivity index (χ0) is 21.2. The summed E-state index contributed by atoms with van der Waals surface area (Å²) in [5, 5.41) is 6.88. The minimum absolute atomic E-state index is 0.0767. The van der Waals surface area contributed by atoms with E-state index in [-0.39, 0.29) is 12.1 Å². The summed E-state index contributed by atoms with van der Waals surface area (Å²) in [6.07, 6.45) is 9.76. The molecule has 0 spiro atoms. The third-order valence-corrected chi connectivity index (χ3v) is 5.81. The Hall–Kier alpha value is -2.31. The van der Waals surface area contributed by atoms with Crippen LogP contribution >= 0.6 is 0 Å². The molecule has 166 valence electrons. The summed E-state index contributed by atoms with van der Waals surface area (Å²) >= 11 is 0. The first-order valence-electron chi connectivity index (χ1n) is 11.6. The molecule has 0 unspecified atom stereocenters. The van der Waals surface area contributed by atoms with Crippen LogP contribution in [0.3, 0.4) is 0 Å². The fourth-order valence-corrected chi connectivity index (χ4v) is 4.08. The van der Waals surface area contributed by atoms with Crippen LogP contribution in [0.1, 0.15) is 63.9 Å². The van der Waals surface area contributed by atoms with E-state index in [0.29, 0.717) is 19.0 Å². The number of guanidine groups is 1. The van der Waals surface area contributed by atoms with Gasteiger partial charge in [0.1, 0.15) is 11.9 Å². The van der Waals surface area contributed by atoms with Crippen molar-refractivity contribution in [3.63, 3.8) is 0 Å². The molecule has 2 fully saturated rings. The molecule has 0 atom stereocenters. The van der Waals surface area contributed by atoms with Crippen molar-refractivity contribution in [1.29, 1.82) is 0 Å². The van der Waals surface area contributed by atoms with E-state index >= 15 is 0 Å². The van der Waals surface area contributed by atoms with Crippen LogP contribution in [0.2, 0.25) is 0 Å². The van der Waals surface area contributed by atoms with E-state index in [9.17, 15) is 4.79 Å². The molecular weight excluding hydrogens is 378 g/mol. The van der Waals surface area contributed by atoms with Gasteiger partial charge in [-0.05, 0) is 70.4 Å². The van der Waals surface area contributed by atoms with Gasteiger partial charge in [0, 0.05) is 44.8 Å². The summed E-state index contributed by atoms with van der Waals surface area (Å²) < 4.78 is 5.51. The van der Waals surface area contributed by atoms with Crippen LogP contribution in [0, 0.1) is 6.92 Å². The SMILES string of the molecule is CCNC(=NCCCC(=O)OC1CCCC1)NC1CCN(c2ccc(C)cn2)CC1. The second kappa shape index (κ2) is 11.8. The number of carbonyl (C=O) groups is 1. The van der Waals surface area contributed by atoms with Gasteiger partial charge < -0.3 is 20.3 Å². The van der Waals surface area contributed by atoms with Gasteiger partial charge in [0.05, 0.1) is 0 Å². The van der Waals surface area contributed by atoms with Gasteiger partial charge >= 0.3 is 5.97 Å². The number of pyridine rings is 1. The zero-order valence-electron chi connectivity index (χ0n) is 18.5. The van der Waals surface area contributed by atoms with Gasteiger partial charge in [0.25, 0.3) is 0 Å². The topological polar surface area (TPSA) is 78.8 Å². The Kier molecular flexibility index (Phi) is 8.78. The summed E-state index contributed by atoms with van der Waals surface area (Å²) in [5.41, 5.74) is 1.19. The molecule has 1 aliphatic carbocycles. The number of hydrogen-bond donors (Lipinski definition) is 2. The number of aryl methyl sites for hydroxylation is 1. The Morgan fingerprint density at radius 1 is 1.23 bits per heavy atom. The molecule has 0 amide bonds. The summed E-state index contributed by atoms with van der Waals surface area (Å²) in [4.78, 5) is 23.5. The van der Waals surface area contributed by atoms with Crippen LogP contribution < -0.4 is 15.5 Å². The second-order valence-electron chi connectivity index (χ2n) is 8.36. The van der Waals surface area contributed by atoms with E-state index in [0.717, 1.165) is 63.5 Å². The lowest BCUT2D eigenvalue weighted by Crippen LogP contribution is -2.49.